The number of aliphatic hydroxyl groups is 1. The minimum absolute atomic E-state index is 0.0229. The normalized spacial score (nSPS) is 16.2. The minimum Gasteiger partial charge on any atom is -0.391 e. The first-order valence-corrected chi connectivity index (χ1v) is 7.14. The number of likely N-dealkylation sites (N-methyl/N-ethyl adjacent to an activating group) is 1. The fraction of sp³-hybridized carbons (Fsp3) is 0.562. The predicted molar refractivity (Wildman–Crippen MR) is 79.5 cm³/mol. The molecule has 1 unspecified atom stereocenters. The second-order valence-corrected chi connectivity index (χ2v) is 6.03. The number of nitrogens with zero attached hydrogens (tertiary/aromatic N) is 2. The molecule has 1 atom stereocenters. The van der Waals surface area contributed by atoms with E-state index in [0.717, 1.165) is 24.9 Å². The van der Waals surface area contributed by atoms with E-state index in [0.29, 0.717) is 18.0 Å². The second kappa shape index (κ2) is 6.37. The van der Waals surface area contributed by atoms with Crippen LogP contribution in [0.15, 0.2) is 24.3 Å². The van der Waals surface area contributed by atoms with Crippen LogP contribution in [0.4, 0.5) is 0 Å². The van der Waals surface area contributed by atoms with E-state index in [9.17, 15) is 9.90 Å². The van der Waals surface area contributed by atoms with Gasteiger partial charge in [0.25, 0.3) is 5.91 Å². The Hall–Kier alpha value is -1.39. The Morgan fingerprint density at radius 3 is 2.65 bits per heavy atom. The lowest BCUT2D eigenvalue weighted by Crippen LogP contribution is -2.35. The molecule has 0 spiro atoms. The van der Waals surface area contributed by atoms with Gasteiger partial charge in [-0.3, -0.25) is 4.79 Å². The van der Waals surface area contributed by atoms with Crippen molar-refractivity contribution in [3.8, 4) is 0 Å². The van der Waals surface area contributed by atoms with Gasteiger partial charge in [-0.1, -0.05) is 12.1 Å². The highest BCUT2D eigenvalue weighted by Crippen LogP contribution is 2.32. The van der Waals surface area contributed by atoms with Crippen molar-refractivity contribution in [3.63, 3.8) is 0 Å². The fourth-order valence-electron chi connectivity index (χ4n) is 2.38. The standard InChI is InChI=1S/C16H24N2O2/c1-17(2)10-12-5-4-6-14(9-12)16(20)18(3)11-15(19)13-7-8-13/h4-6,9,13,15,19H,7-8,10-11H2,1-3H3. The summed E-state index contributed by atoms with van der Waals surface area (Å²) in [5.41, 5.74) is 1.81. The van der Waals surface area contributed by atoms with Gasteiger partial charge in [-0.25, -0.2) is 0 Å². The van der Waals surface area contributed by atoms with Gasteiger partial charge in [0.1, 0.15) is 0 Å². The van der Waals surface area contributed by atoms with E-state index in [1.807, 2.05) is 38.4 Å². The zero-order chi connectivity index (χ0) is 14.7. The van der Waals surface area contributed by atoms with Crippen molar-refractivity contribution in [1.29, 1.82) is 0 Å². The first kappa shape index (κ1) is 15.0. The molecule has 1 aromatic carbocycles. The van der Waals surface area contributed by atoms with Crippen molar-refractivity contribution < 1.29 is 9.90 Å². The van der Waals surface area contributed by atoms with Crippen LogP contribution in [-0.4, -0.2) is 54.6 Å². The largest absolute Gasteiger partial charge is 0.391 e. The SMILES string of the molecule is CN(C)Cc1cccc(C(=O)N(C)CC(O)C2CC2)c1. The van der Waals surface area contributed by atoms with Gasteiger partial charge in [0, 0.05) is 25.7 Å². The summed E-state index contributed by atoms with van der Waals surface area (Å²) in [6, 6.07) is 7.71. The number of amides is 1. The minimum atomic E-state index is -0.381. The van der Waals surface area contributed by atoms with Crippen molar-refractivity contribution >= 4 is 5.91 Å². The molecule has 4 heteroatoms. The number of carbonyl (C=O) groups is 1. The predicted octanol–water partition coefficient (Wildman–Crippen LogP) is 1.59. The number of benzene rings is 1. The fourth-order valence-corrected chi connectivity index (χ4v) is 2.38. The first-order chi connectivity index (χ1) is 9.47. The Balaban J connectivity index is 1.99. The molecule has 0 aliphatic heterocycles. The van der Waals surface area contributed by atoms with Gasteiger partial charge in [-0.2, -0.15) is 0 Å². The molecule has 1 aromatic rings. The third-order valence-corrected chi connectivity index (χ3v) is 3.65. The van der Waals surface area contributed by atoms with Gasteiger partial charge in [0.05, 0.1) is 6.10 Å². The molecule has 1 amide bonds. The molecule has 1 fully saturated rings. The molecule has 0 bridgehead atoms. The Kier molecular flexibility index (Phi) is 4.78. The van der Waals surface area contributed by atoms with Crippen LogP contribution in [0.25, 0.3) is 0 Å². The van der Waals surface area contributed by atoms with Crippen LogP contribution in [-0.2, 0) is 6.54 Å². The van der Waals surface area contributed by atoms with Gasteiger partial charge >= 0.3 is 0 Å². The zero-order valence-electron chi connectivity index (χ0n) is 12.5. The van der Waals surface area contributed by atoms with E-state index in [-0.39, 0.29) is 12.0 Å². The molecule has 0 saturated heterocycles. The van der Waals surface area contributed by atoms with Crippen molar-refractivity contribution in [2.45, 2.75) is 25.5 Å². The van der Waals surface area contributed by atoms with Gasteiger partial charge < -0.3 is 14.9 Å². The van der Waals surface area contributed by atoms with E-state index in [4.69, 9.17) is 0 Å². The number of carbonyl (C=O) groups excluding carboxylic acids is 1. The van der Waals surface area contributed by atoms with Gasteiger partial charge in [0.15, 0.2) is 0 Å². The zero-order valence-corrected chi connectivity index (χ0v) is 12.5. The molecule has 1 N–H and O–H groups in total. The molecule has 2 rings (SSSR count). The molecule has 4 nitrogen and oxygen atoms in total. The average Bonchev–Trinajstić information content (AvgIpc) is 3.21. The lowest BCUT2D eigenvalue weighted by molar-refractivity contribution is 0.0645. The Bertz CT molecular complexity index is 469. The molecular weight excluding hydrogens is 252 g/mol. The van der Waals surface area contributed by atoms with E-state index < -0.39 is 0 Å². The van der Waals surface area contributed by atoms with E-state index in [1.54, 1.807) is 11.9 Å². The molecule has 1 aliphatic carbocycles. The maximum absolute atomic E-state index is 12.4. The van der Waals surface area contributed by atoms with E-state index in [2.05, 4.69) is 4.90 Å². The molecule has 110 valence electrons. The highest BCUT2D eigenvalue weighted by molar-refractivity contribution is 5.94. The summed E-state index contributed by atoms with van der Waals surface area (Å²) in [6.07, 6.45) is 1.79. The highest BCUT2D eigenvalue weighted by Gasteiger charge is 2.31. The molecule has 20 heavy (non-hydrogen) atoms. The third-order valence-electron chi connectivity index (χ3n) is 3.65. The molecule has 0 heterocycles. The maximum atomic E-state index is 12.4. The smallest absolute Gasteiger partial charge is 0.253 e. The topological polar surface area (TPSA) is 43.8 Å². The lowest BCUT2D eigenvalue weighted by Gasteiger charge is -2.21. The van der Waals surface area contributed by atoms with Crippen molar-refractivity contribution in [1.82, 2.24) is 9.80 Å². The number of hydrogen-bond donors (Lipinski definition) is 1. The van der Waals surface area contributed by atoms with Crippen LogP contribution in [0.1, 0.15) is 28.8 Å². The van der Waals surface area contributed by atoms with Crippen molar-refractivity contribution in [2.24, 2.45) is 5.92 Å². The maximum Gasteiger partial charge on any atom is 0.253 e. The van der Waals surface area contributed by atoms with Crippen LogP contribution in [0, 0.1) is 5.92 Å². The third kappa shape index (κ3) is 4.05. The van der Waals surface area contributed by atoms with Gasteiger partial charge in [0.2, 0.25) is 0 Å². The highest BCUT2D eigenvalue weighted by atomic mass is 16.3. The number of rotatable bonds is 6. The van der Waals surface area contributed by atoms with Gasteiger partial charge in [-0.15, -0.1) is 0 Å². The summed E-state index contributed by atoms with van der Waals surface area (Å²) in [5, 5.41) is 9.93. The summed E-state index contributed by atoms with van der Waals surface area (Å²) in [5.74, 6) is 0.371. The van der Waals surface area contributed by atoms with Crippen molar-refractivity contribution in [3.05, 3.63) is 35.4 Å². The molecular formula is C16H24N2O2. The molecule has 0 radical (unpaired) electrons. The summed E-state index contributed by atoms with van der Waals surface area (Å²) in [4.78, 5) is 16.1. The average molecular weight is 276 g/mol. The van der Waals surface area contributed by atoms with E-state index >= 15 is 0 Å². The quantitative estimate of drug-likeness (QED) is 0.858. The van der Waals surface area contributed by atoms with Crippen LogP contribution < -0.4 is 0 Å². The summed E-state index contributed by atoms with van der Waals surface area (Å²) < 4.78 is 0. The molecule has 0 aromatic heterocycles. The summed E-state index contributed by atoms with van der Waals surface area (Å²) in [6.45, 7) is 1.23. The Morgan fingerprint density at radius 1 is 1.35 bits per heavy atom. The van der Waals surface area contributed by atoms with Crippen molar-refractivity contribution in [2.75, 3.05) is 27.7 Å². The van der Waals surface area contributed by atoms with Gasteiger partial charge in [-0.05, 0) is 50.6 Å². The van der Waals surface area contributed by atoms with Crippen LogP contribution in [0.3, 0.4) is 0 Å². The Morgan fingerprint density at radius 2 is 2.05 bits per heavy atom. The number of hydrogen-bond acceptors (Lipinski definition) is 3. The first-order valence-electron chi connectivity index (χ1n) is 7.14. The monoisotopic (exact) mass is 276 g/mol. The summed E-state index contributed by atoms with van der Waals surface area (Å²) >= 11 is 0. The second-order valence-electron chi connectivity index (χ2n) is 6.03. The summed E-state index contributed by atoms with van der Waals surface area (Å²) in [7, 11) is 5.77. The van der Waals surface area contributed by atoms with E-state index in [1.165, 1.54) is 0 Å². The van der Waals surface area contributed by atoms with Crippen LogP contribution in [0.5, 0.6) is 0 Å². The molecule has 1 aliphatic rings. The van der Waals surface area contributed by atoms with Crippen LogP contribution in [0.2, 0.25) is 0 Å². The van der Waals surface area contributed by atoms with Crippen LogP contribution >= 0.6 is 0 Å². The lowest BCUT2D eigenvalue weighted by atomic mass is 10.1. The molecule has 1 saturated carbocycles. The number of aliphatic hydroxyl groups excluding tert-OH is 1. The Labute approximate surface area is 121 Å².